The summed E-state index contributed by atoms with van der Waals surface area (Å²) in [7, 11) is 0. The van der Waals surface area contributed by atoms with Crippen molar-refractivity contribution >= 4 is 11.6 Å². The molecule has 2 rings (SSSR count). The van der Waals surface area contributed by atoms with Crippen LogP contribution in [0.2, 0.25) is 0 Å². The lowest BCUT2D eigenvalue weighted by atomic mass is 10.1. The van der Waals surface area contributed by atoms with Gasteiger partial charge in [-0.15, -0.1) is 0 Å². The minimum absolute atomic E-state index is 0.105. The van der Waals surface area contributed by atoms with E-state index in [-0.39, 0.29) is 17.8 Å². The largest absolute Gasteiger partial charge is 0.487 e. The molecule has 0 spiro atoms. The lowest BCUT2D eigenvalue weighted by Crippen LogP contribution is -2.45. The molecule has 20 heavy (non-hydrogen) atoms. The second-order valence-corrected chi connectivity index (χ2v) is 5.85. The number of ether oxygens (including phenoxy) is 1. The smallest absolute Gasteiger partial charge is 0.243 e. The number of carbonyl (C=O) groups is 1. The van der Waals surface area contributed by atoms with Crippen LogP contribution in [0.5, 0.6) is 5.75 Å². The highest BCUT2D eigenvalue weighted by atomic mass is 19.1. The van der Waals surface area contributed by atoms with E-state index in [1.54, 1.807) is 26.0 Å². The van der Waals surface area contributed by atoms with Crippen LogP contribution in [-0.2, 0) is 4.79 Å². The van der Waals surface area contributed by atoms with Crippen LogP contribution in [0.25, 0.3) is 0 Å². The van der Waals surface area contributed by atoms with Crippen molar-refractivity contribution in [3.63, 3.8) is 0 Å². The molecule has 0 aromatic heterocycles. The van der Waals surface area contributed by atoms with Crippen LogP contribution in [0.15, 0.2) is 18.2 Å². The molecular formula is C15H21FN2O2. The van der Waals surface area contributed by atoms with Gasteiger partial charge in [0.25, 0.3) is 0 Å². The monoisotopic (exact) mass is 280 g/mol. The van der Waals surface area contributed by atoms with Gasteiger partial charge in [0.05, 0.1) is 11.6 Å². The quantitative estimate of drug-likeness (QED) is 0.891. The number of hydrogen-bond donors (Lipinski definition) is 2. The lowest BCUT2D eigenvalue weighted by molar-refractivity contribution is -0.120. The van der Waals surface area contributed by atoms with Gasteiger partial charge in [0, 0.05) is 11.8 Å². The van der Waals surface area contributed by atoms with Crippen LogP contribution >= 0.6 is 0 Å². The Hall–Kier alpha value is -1.62. The fraction of sp³-hybridized carbons (Fsp3) is 0.533. The van der Waals surface area contributed by atoms with Crippen molar-refractivity contribution in [3.8, 4) is 5.75 Å². The highest BCUT2D eigenvalue weighted by molar-refractivity contribution is 5.97. The second kappa shape index (κ2) is 5.79. The van der Waals surface area contributed by atoms with E-state index in [1.165, 1.54) is 6.07 Å². The third-order valence-electron chi connectivity index (χ3n) is 3.37. The maximum Gasteiger partial charge on any atom is 0.243 e. The summed E-state index contributed by atoms with van der Waals surface area (Å²) in [6.07, 6.45) is 4.31. The topological polar surface area (TPSA) is 64.4 Å². The predicted octanol–water partition coefficient (Wildman–Crippen LogP) is 2.82. The molecule has 5 heteroatoms. The first-order valence-corrected chi connectivity index (χ1v) is 6.93. The highest BCUT2D eigenvalue weighted by Gasteiger charge is 2.22. The van der Waals surface area contributed by atoms with E-state index in [1.807, 2.05) is 0 Å². The first kappa shape index (κ1) is 14.8. The highest BCUT2D eigenvalue weighted by Crippen LogP contribution is 2.27. The number of hydrogen-bond acceptors (Lipinski definition) is 3. The Bertz CT molecular complexity index is 491. The summed E-state index contributed by atoms with van der Waals surface area (Å²) in [5.74, 6) is -0.590. The van der Waals surface area contributed by atoms with Gasteiger partial charge in [0.2, 0.25) is 5.91 Å². The van der Waals surface area contributed by atoms with E-state index in [0.717, 1.165) is 25.7 Å². The summed E-state index contributed by atoms with van der Waals surface area (Å²) in [4.78, 5) is 11.7. The molecule has 1 aromatic rings. The van der Waals surface area contributed by atoms with Crippen LogP contribution < -0.4 is 15.8 Å². The molecule has 1 aliphatic carbocycles. The number of nitrogens with two attached hydrogens (primary N) is 1. The molecule has 4 nitrogen and oxygen atoms in total. The first-order valence-electron chi connectivity index (χ1n) is 6.93. The summed E-state index contributed by atoms with van der Waals surface area (Å²) in [5, 5.41) is 2.58. The normalized spacial score (nSPS) is 16.2. The van der Waals surface area contributed by atoms with Gasteiger partial charge < -0.3 is 15.8 Å². The zero-order valence-electron chi connectivity index (χ0n) is 11.9. The maximum absolute atomic E-state index is 13.9. The zero-order valence-corrected chi connectivity index (χ0v) is 11.9. The molecule has 1 aliphatic rings. The fourth-order valence-electron chi connectivity index (χ4n) is 2.15. The zero-order chi connectivity index (χ0) is 14.8. The lowest BCUT2D eigenvalue weighted by Gasteiger charge is -2.18. The number of benzene rings is 1. The van der Waals surface area contributed by atoms with Crippen LogP contribution in [-0.4, -0.2) is 17.6 Å². The van der Waals surface area contributed by atoms with Gasteiger partial charge >= 0.3 is 0 Å². The van der Waals surface area contributed by atoms with E-state index in [2.05, 4.69) is 5.32 Å². The Kier molecular flexibility index (Phi) is 4.28. The van der Waals surface area contributed by atoms with E-state index >= 15 is 0 Å². The number of carbonyl (C=O) groups excluding carboxylic acids is 1. The molecule has 0 atom stereocenters. The standard InChI is InChI=1S/C15H21FN2O2/c1-15(2,17)14(19)18-10-7-8-13(12(16)9-10)20-11-5-3-4-6-11/h7-9,11H,3-6,17H2,1-2H3,(H,18,19). The van der Waals surface area contributed by atoms with Crippen LogP contribution in [0.4, 0.5) is 10.1 Å². The minimum atomic E-state index is -1.00. The van der Waals surface area contributed by atoms with Crippen molar-refractivity contribution in [2.75, 3.05) is 5.32 Å². The maximum atomic E-state index is 13.9. The summed E-state index contributed by atoms with van der Waals surface area (Å²) in [5.41, 5.74) is 5.05. The summed E-state index contributed by atoms with van der Waals surface area (Å²) < 4.78 is 19.6. The molecule has 1 fully saturated rings. The first-order chi connectivity index (χ1) is 9.36. The number of amides is 1. The number of nitrogens with one attached hydrogen (secondary N) is 1. The number of halogens is 1. The van der Waals surface area contributed by atoms with Crippen molar-refractivity contribution in [3.05, 3.63) is 24.0 Å². The van der Waals surface area contributed by atoms with Crippen LogP contribution in [0.1, 0.15) is 39.5 Å². The third kappa shape index (κ3) is 3.70. The molecule has 0 aliphatic heterocycles. The van der Waals surface area contributed by atoms with Crippen LogP contribution in [0.3, 0.4) is 0 Å². The Balaban J connectivity index is 2.03. The van der Waals surface area contributed by atoms with E-state index in [0.29, 0.717) is 5.69 Å². The number of anilines is 1. The van der Waals surface area contributed by atoms with Gasteiger partial charge in [-0.25, -0.2) is 4.39 Å². The van der Waals surface area contributed by atoms with Crippen molar-refractivity contribution in [2.45, 2.75) is 51.2 Å². The van der Waals surface area contributed by atoms with E-state index in [9.17, 15) is 9.18 Å². The minimum Gasteiger partial charge on any atom is -0.487 e. The Morgan fingerprint density at radius 3 is 2.60 bits per heavy atom. The van der Waals surface area contributed by atoms with Gasteiger partial charge in [-0.05, 0) is 51.7 Å². The molecule has 3 N–H and O–H groups in total. The van der Waals surface area contributed by atoms with E-state index < -0.39 is 11.4 Å². The van der Waals surface area contributed by atoms with Gasteiger partial charge in [-0.1, -0.05) is 0 Å². The van der Waals surface area contributed by atoms with Crippen molar-refractivity contribution in [2.24, 2.45) is 5.73 Å². The molecule has 1 aromatic carbocycles. The molecule has 0 saturated heterocycles. The molecule has 0 unspecified atom stereocenters. The van der Waals surface area contributed by atoms with E-state index in [4.69, 9.17) is 10.5 Å². The van der Waals surface area contributed by atoms with Crippen LogP contribution in [0, 0.1) is 5.82 Å². The Morgan fingerprint density at radius 2 is 2.05 bits per heavy atom. The van der Waals surface area contributed by atoms with Gasteiger partial charge in [-0.2, -0.15) is 0 Å². The van der Waals surface area contributed by atoms with Crippen molar-refractivity contribution in [1.29, 1.82) is 0 Å². The summed E-state index contributed by atoms with van der Waals surface area (Å²) in [6.45, 7) is 3.19. The SMILES string of the molecule is CC(C)(N)C(=O)Nc1ccc(OC2CCCC2)c(F)c1. The van der Waals surface area contributed by atoms with Gasteiger partial charge in [0.1, 0.15) is 0 Å². The average molecular weight is 280 g/mol. The Morgan fingerprint density at radius 1 is 1.40 bits per heavy atom. The molecule has 110 valence electrons. The van der Waals surface area contributed by atoms with Crippen molar-refractivity contribution < 1.29 is 13.9 Å². The van der Waals surface area contributed by atoms with Gasteiger partial charge in [0.15, 0.2) is 11.6 Å². The molecule has 0 heterocycles. The average Bonchev–Trinajstić information content (AvgIpc) is 2.84. The Labute approximate surface area is 118 Å². The van der Waals surface area contributed by atoms with Gasteiger partial charge in [-0.3, -0.25) is 4.79 Å². The molecule has 0 radical (unpaired) electrons. The molecular weight excluding hydrogens is 259 g/mol. The summed E-state index contributed by atoms with van der Waals surface area (Å²) in [6, 6.07) is 4.43. The van der Waals surface area contributed by atoms with Crippen molar-refractivity contribution in [1.82, 2.24) is 0 Å². The molecule has 0 bridgehead atoms. The second-order valence-electron chi connectivity index (χ2n) is 5.85. The summed E-state index contributed by atoms with van der Waals surface area (Å²) >= 11 is 0. The number of rotatable bonds is 4. The molecule has 1 amide bonds. The predicted molar refractivity (Wildman–Crippen MR) is 76.2 cm³/mol. The molecule has 1 saturated carbocycles. The third-order valence-corrected chi connectivity index (χ3v) is 3.37. The fourth-order valence-corrected chi connectivity index (χ4v) is 2.15.